The summed E-state index contributed by atoms with van der Waals surface area (Å²) in [6.07, 6.45) is 1.55. The quantitative estimate of drug-likeness (QED) is 0.934. The summed E-state index contributed by atoms with van der Waals surface area (Å²) in [6, 6.07) is 2.24. The van der Waals surface area contributed by atoms with E-state index in [1.807, 2.05) is 27.7 Å². The Bertz CT molecular complexity index is 649. The minimum absolute atomic E-state index is 0.496. The van der Waals surface area contributed by atoms with Gasteiger partial charge in [0.1, 0.15) is 11.6 Å². The third-order valence-corrected chi connectivity index (χ3v) is 4.20. The van der Waals surface area contributed by atoms with Crippen molar-refractivity contribution in [1.82, 2.24) is 15.2 Å². The second-order valence-corrected chi connectivity index (χ2v) is 5.66. The maximum atomic E-state index is 9.41. The second-order valence-electron chi connectivity index (χ2n) is 4.45. The van der Waals surface area contributed by atoms with Crippen LogP contribution in [0.15, 0.2) is 0 Å². The third-order valence-electron chi connectivity index (χ3n) is 3.21. The number of hydrogen-bond acceptors (Lipinski definition) is 6. The average molecular weight is 287 g/mol. The number of rotatable bonds is 4. The maximum absolute atomic E-state index is 9.41. The Morgan fingerprint density at radius 2 is 1.95 bits per heavy atom. The molecule has 0 aliphatic rings. The van der Waals surface area contributed by atoms with Crippen LogP contribution in [0.2, 0.25) is 0 Å². The molecule has 5 nitrogen and oxygen atoms in total. The minimum atomic E-state index is 0.496. The van der Waals surface area contributed by atoms with E-state index in [1.54, 1.807) is 11.3 Å². The van der Waals surface area contributed by atoms with Gasteiger partial charge in [0.05, 0.1) is 11.4 Å². The fourth-order valence-corrected chi connectivity index (χ4v) is 2.82. The Balaban J connectivity index is 2.44. The van der Waals surface area contributed by atoms with Crippen LogP contribution in [0.1, 0.15) is 41.2 Å². The highest BCUT2D eigenvalue weighted by molar-refractivity contribution is 7.15. The summed E-state index contributed by atoms with van der Waals surface area (Å²) in [6.45, 7) is 8.03. The molecule has 2 aromatic rings. The Morgan fingerprint density at radius 3 is 2.45 bits per heavy atom. The molecule has 2 rings (SSSR count). The van der Waals surface area contributed by atoms with Gasteiger partial charge < -0.3 is 5.32 Å². The first-order valence-corrected chi connectivity index (χ1v) is 7.41. The molecule has 0 amide bonds. The number of aromatic nitrogens is 3. The molecule has 0 spiro atoms. The zero-order valence-corrected chi connectivity index (χ0v) is 12.9. The summed E-state index contributed by atoms with van der Waals surface area (Å²) < 4.78 is 0. The van der Waals surface area contributed by atoms with Gasteiger partial charge in [0.2, 0.25) is 0 Å². The van der Waals surface area contributed by atoms with Crippen molar-refractivity contribution in [1.29, 1.82) is 5.26 Å². The molecule has 0 aliphatic heterocycles. The topological polar surface area (TPSA) is 74.5 Å². The van der Waals surface area contributed by atoms with E-state index in [1.165, 1.54) is 0 Å². The van der Waals surface area contributed by atoms with Crippen LogP contribution in [0.4, 0.5) is 10.9 Å². The van der Waals surface area contributed by atoms with E-state index in [0.29, 0.717) is 11.4 Å². The number of aryl methyl sites for hydroxylation is 3. The van der Waals surface area contributed by atoms with Gasteiger partial charge >= 0.3 is 0 Å². The molecule has 0 aliphatic carbocycles. The summed E-state index contributed by atoms with van der Waals surface area (Å²) in [4.78, 5) is 5.56. The molecule has 2 aromatic heterocycles. The number of nitriles is 1. The lowest BCUT2D eigenvalue weighted by molar-refractivity contribution is 0.877. The number of thiazole rings is 1. The van der Waals surface area contributed by atoms with Crippen LogP contribution in [0.25, 0.3) is 0 Å². The van der Waals surface area contributed by atoms with Gasteiger partial charge in [-0.05, 0) is 32.3 Å². The first-order valence-electron chi connectivity index (χ1n) is 6.60. The Hall–Kier alpha value is -2.00. The molecule has 6 heteroatoms. The fourth-order valence-electron chi connectivity index (χ4n) is 2.01. The van der Waals surface area contributed by atoms with Crippen molar-refractivity contribution in [3.05, 3.63) is 27.4 Å². The van der Waals surface area contributed by atoms with Crippen LogP contribution in [-0.2, 0) is 12.8 Å². The van der Waals surface area contributed by atoms with Gasteiger partial charge in [-0.2, -0.15) is 10.4 Å². The standard InChI is InChI=1S/C14H17N5S/c1-5-10-11(7-15)13(19-18-12(10)6-2)17-14-16-8(3)9(4)20-14/h5-6H2,1-4H3,(H,16,17,19). The van der Waals surface area contributed by atoms with E-state index in [9.17, 15) is 5.26 Å². The zero-order chi connectivity index (χ0) is 14.7. The van der Waals surface area contributed by atoms with E-state index in [0.717, 1.165) is 39.8 Å². The van der Waals surface area contributed by atoms with Crippen LogP contribution in [-0.4, -0.2) is 15.2 Å². The molecule has 1 N–H and O–H groups in total. The van der Waals surface area contributed by atoms with Crippen molar-refractivity contribution in [2.45, 2.75) is 40.5 Å². The molecule has 0 aromatic carbocycles. The normalized spacial score (nSPS) is 10.3. The molecule has 104 valence electrons. The minimum Gasteiger partial charge on any atom is -0.314 e. The van der Waals surface area contributed by atoms with Gasteiger partial charge in [-0.1, -0.05) is 13.8 Å². The first kappa shape index (κ1) is 14.4. The molecule has 0 fully saturated rings. The molecule has 0 saturated heterocycles. The zero-order valence-electron chi connectivity index (χ0n) is 12.1. The monoisotopic (exact) mass is 287 g/mol. The van der Waals surface area contributed by atoms with Crippen molar-refractivity contribution < 1.29 is 0 Å². The van der Waals surface area contributed by atoms with Crippen LogP contribution >= 0.6 is 11.3 Å². The SMILES string of the molecule is CCc1nnc(Nc2nc(C)c(C)s2)c(C#N)c1CC. The molecule has 0 radical (unpaired) electrons. The average Bonchev–Trinajstić information content (AvgIpc) is 2.76. The Labute approximate surface area is 122 Å². The number of nitrogens with one attached hydrogen (secondary N) is 1. The lowest BCUT2D eigenvalue weighted by atomic mass is 10.0. The molecule has 0 unspecified atom stereocenters. The lowest BCUT2D eigenvalue weighted by Crippen LogP contribution is -2.07. The summed E-state index contributed by atoms with van der Waals surface area (Å²) in [5.74, 6) is 0.496. The number of nitrogens with zero attached hydrogens (tertiary/aromatic N) is 4. The second kappa shape index (κ2) is 5.97. The van der Waals surface area contributed by atoms with E-state index < -0.39 is 0 Å². The molecule has 2 heterocycles. The Morgan fingerprint density at radius 1 is 1.20 bits per heavy atom. The number of anilines is 2. The molecule has 20 heavy (non-hydrogen) atoms. The van der Waals surface area contributed by atoms with Gasteiger partial charge in [0.15, 0.2) is 10.9 Å². The maximum Gasteiger partial charge on any atom is 0.188 e. The van der Waals surface area contributed by atoms with E-state index >= 15 is 0 Å². The van der Waals surface area contributed by atoms with Crippen LogP contribution in [0.5, 0.6) is 0 Å². The molecule has 0 saturated carbocycles. The largest absolute Gasteiger partial charge is 0.314 e. The van der Waals surface area contributed by atoms with Gasteiger partial charge in [-0.3, -0.25) is 0 Å². The van der Waals surface area contributed by atoms with Crippen molar-refractivity contribution in [3.8, 4) is 6.07 Å². The molecule has 0 bridgehead atoms. The van der Waals surface area contributed by atoms with Crippen molar-refractivity contribution >= 4 is 22.3 Å². The van der Waals surface area contributed by atoms with E-state index in [4.69, 9.17) is 0 Å². The first-order chi connectivity index (χ1) is 9.60. The smallest absolute Gasteiger partial charge is 0.188 e. The number of hydrogen-bond donors (Lipinski definition) is 1. The van der Waals surface area contributed by atoms with Gasteiger partial charge in [0, 0.05) is 4.88 Å². The third kappa shape index (κ3) is 2.63. The summed E-state index contributed by atoms with van der Waals surface area (Å²) in [7, 11) is 0. The van der Waals surface area contributed by atoms with Crippen LogP contribution < -0.4 is 5.32 Å². The van der Waals surface area contributed by atoms with Gasteiger partial charge in [-0.15, -0.1) is 16.4 Å². The van der Waals surface area contributed by atoms with E-state index in [-0.39, 0.29) is 0 Å². The molecular formula is C14H17N5S. The van der Waals surface area contributed by atoms with Crippen molar-refractivity contribution in [2.75, 3.05) is 5.32 Å². The van der Waals surface area contributed by atoms with E-state index in [2.05, 4.69) is 26.6 Å². The fraction of sp³-hybridized carbons (Fsp3) is 0.429. The predicted molar refractivity (Wildman–Crippen MR) is 80.4 cm³/mol. The summed E-state index contributed by atoms with van der Waals surface area (Å²) in [5, 5.41) is 21.6. The Kier molecular flexibility index (Phi) is 4.30. The van der Waals surface area contributed by atoms with Crippen LogP contribution in [0, 0.1) is 25.2 Å². The van der Waals surface area contributed by atoms with Crippen molar-refractivity contribution in [2.24, 2.45) is 0 Å². The van der Waals surface area contributed by atoms with Gasteiger partial charge in [0.25, 0.3) is 0 Å². The highest BCUT2D eigenvalue weighted by Crippen LogP contribution is 2.27. The van der Waals surface area contributed by atoms with Gasteiger partial charge in [-0.25, -0.2) is 4.98 Å². The highest BCUT2D eigenvalue weighted by atomic mass is 32.1. The van der Waals surface area contributed by atoms with Crippen molar-refractivity contribution in [3.63, 3.8) is 0 Å². The predicted octanol–water partition coefficient (Wildman–Crippen LogP) is 3.29. The summed E-state index contributed by atoms with van der Waals surface area (Å²) in [5.41, 5.74) is 3.42. The lowest BCUT2D eigenvalue weighted by Gasteiger charge is -2.10. The summed E-state index contributed by atoms with van der Waals surface area (Å²) >= 11 is 1.55. The highest BCUT2D eigenvalue weighted by Gasteiger charge is 2.15. The van der Waals surface area contributed by atoms with Crippen LogP contribution in [0.3, 0.4) is 0 Å². The molecular weight excluding hydrogens is 270 g/mol. The molecule has 0 atom stereocenters.